The number of carbonyl (C=O) groups excluding carboxylic acids is 2. The highest BCUT2D eigenvalue weighted by molar-refractivity contribution is 6.40. The number of ether oxygens (including phenoxy) is 1. The van der Waals surface area contributed by atoms with E-state index in [0.717, 1.165) is 6.42 Å². The molecule has 0 unspecified atom stereocenters. The second-order valence-corrected chi connectivity index (χ2v) is 4.35. The summed E-state index contributed by atoms with van der Waals surface area (Å²) >= 11 is 0. The standard InChI is InChI=1S/C11H19NO3/c1-6-7-9(8(2)13)12-10(14)15-11(3,4)5/h6-7H2,1-5H3. The number of aliphatic imine (C=N–C) groups is 1. The van der Waals surface area contributed by atoms with E-state index in [2.05, 4.69) is 4.99 Å². The summed E-state index contributed by atoms with van der Waals surface area (Å²) in [5.74, 6) is -0.178. The zero-order chi connectivity index (χ0) is 12.1. The highest BCUT2D eigenvalue weighted by Crippen LogP contribution is 2.08. The molecule has 86 valence electrons. The van der Waals surface area contributed by atoms with Gasteiger partial charge in [-0.15, -0.1) is 0 Å². The lowest BCUT2D eigenvalue weighted by Gasteiger charge is -2.17. The summed E-state index contributed by atoms with van der Waals surface area (Å²) < 4.78 is 4.99. The molecule has 0 rings (SSSR count). The molecule has 0 aliphatic heterocycles. The van der Waals surface area contributed by atoms with Crippen molar-refractivity contribution in [1.82, 2.24) is 0 Å². The first-order valence-corrected chi connectivity index (χ1v) is 5.07. The fraction of sp³-hybridized carbons (Fsp3) is 0.727. The molecule has 0 spiro atoms. The molecule has 1 amide bonds. The molecule has 0 aliphatic rings. The van der Waals surface area contributed by atoms with Gasteiger partial charge < -0.3 is 4.74 Å². The molecule has 0 atom stereocenters. The summed E-state index contributed by atoms with van der Waals surface area (Å²) in [4.78, 5) is 26.0. The van der Waals surface area contributed by atoms with Crippen molar-refractivity contribution < 1.29 is 14.3 Å². The number of hydrogen-bond acceptors (Lipinski definition) is 3. The van der Waals surface area contributed by atoms with Gasteiger partial charge in [-0.1, -0.05) is 13.3 Å². The lowest BCUT2D eigenvalue weighted by molar-refractivity contribution is -0.111. The van der Waals surface area contributed by atoms with E-state index in [1.807, 2.05) is 6.92 Å². The topological polar surface area (TPSA) is 55.7 Å². The molecule has 0 aromatic heterocycles. The van der Waals surface area contributed by atoms with Gasteiger partial charge in [0.1, 0.15) is 5.60 Å². The van der Waals surface area contributed by atoms with Crippen LogP contribution in [-0.4, -0.2) is 23.2 Å². The molecule has 0 radical (unpaired) electrons. The van der Waals surface area contributed by atoms with Gasteiger partial charge in [-0.05, 0) is 27.2 Å². The molecule has 0 N–H and O–H groups in total. The second kappa shape index (κ2) is 5.63. The first kappa shape index (κ1) is 13.8. The van der Waals surface area contributed by atoms with E-state index in [1.165, 1.54) is 6.92 Å². The van der Waals surface area contributed by atoms with Crippen LogP contribution in [0.3, 0.4) is 0 Å². The minimum absolute atomic E-state index is 0.178. The Hall–Kier alpha value is -1.19. The normalized spacial score (nSPS) is 12.5. The van der Waals surface area contributed by atoms with Crippen molar-refractivity contribution in [3.05, 3.63) is 0 Å². The molecule has 0 fully saturated rings. The average molecular weight is 213 g/mol. The lowest BCUT2D eigenvalue weighted by Crippen LogP contribution is -2.23. The molecule has 0 bridgehead atoms. The van der Waals surface area contributed by atoms with Crippen molar-refractivity contribution in [3.63, 3.8) is 0 Å². The molecule has 0 aliphatic carbocycles. The van der Waals surface area contributed by atoms with E-state index in [0.29, 0.717) is 6.42 Å². The SMILES string of the molecule is CCCC(=NC(=O)OC(C)(C)C)C(C)=O. The van der Waals surface area contributed by atoms with Crippen LogP contribution in [0.5, 0.6) is 0 Å². The summed E-state index contributed by atoms with van der Waals surface area (Å²) in [6, 6.07) is 0. The molecule has 4 nitrogen and oxygen atoms in total. The molecular weight excluding hydrogens is 194 g/mol. The maximum atomic E-state index is 11.3. The van der Waals surface area contributed by atoms with Gasteiger partial charge in [-0.3, -0.25) is 4.79 Å². The third kappa shape index (κ3) is 6.82. The largest absolute Gasteiger partial charge is 0.442 e. The van der Waals surface area contributed by atoms with Crippen LogP contribution in [0.4, 0.5) is 4.79 Å². The fourth-order valence-corrected chi connectivity index (χ4v) is 0.942. The smallest absolute Gasteiger partial charge is 0.434 e. The van der Waals surface area contributed by atoms with E-state index in [-0.39, 0.29) is 11.5 Å². The molecule has 15 heavy (non-hydrogen) atoms. The summed E-state index contributed by atoms with van der Waals surface area (Å²) in [5, 5.41) is 0. The van der Waals surface area contributed by atoms with E-state index in [9.17, 15) is 9.59 Å². The molecule has 4 heteroatoms. The molecule has 0 aromatic rings. The Morgan fingerprint density at radius 2 is 1.80 bits per heavy atom. The number of amides is 1. The molecule has 0 saturated carbocycles. The zero-order valence-electron chi connectivity index (χ0n) is 10.1. The average Bonchev–Trinajstić information content (AvgIpc) is 1.99. The molecular formula is C11H19NO3. The number of carbonyl (C=O) groups is 2. The van der Waals surface area contributed by atoms with Gasteiger partial charge in [0.2, 0.25) is 0 Å². The van der Waals surface area contributed by atoms with Gasteiger partial charge in [0.15, 0.2) is 5.78 Å². The van der Waals surface area contributed by atoms with Crippen LogP contribution in [0.15, 0.2) is 4.99 Å². The van der Waals surface area contributed by atoms with E-state index >= 15 is 0 Å². The van der Waals surface area contributed by atoms with Gasteiger partial charge in [0.25, 0.3) is 0 Å². The monoisotopic (exact) mass is 213 g/mol. The van der Waals surface area contributed by atoms with Gasteiger partial charge in [-0.2, -0.15) is 4.99 Å². The maximum absolute atomic E-state index is 11.3. The molecule has 0 saturated heterocycles. The number of nitrogens with zero attached hydrogens (tertiary/aromatic N) is 1. The predicted octanol–water partition coefficient (Wildman–Crippen LogP) is 2.75. The fourth-order valence-electron chi connectivity index (χ4n) is 0.942. The van der Waals surface area contributed by atoms with Gasteiger partial charge in [0.05, 0.1) is 5.71 Å². The Kier molecular flexibility index (Phi) is 5.19. The molecule has 0 heterocycles. The lowest BCUT2D eigenvalue weighted by atomic mass is 10.1. The number of rotatable bonds is 3. The van der Waals surface area contributed by atoms with Crippen molar-refractivity contribution in [2.24, 2.45) is 4.99 Å². The van der Waals surface area contributed by atoms with Gasteiger partial charge in [0, 0.05) is 6.92 Å². The quantitative estimate of drug-likeness (QED) is 0.677. The van der Waals surface area contributed by atoms with Crippen molar-refractivity contribution >= 4 is 17.6 Å². The van der Waals surface area contributed by atoms with Crippen LogP contribution in [0, 0.1) is 0 Å². The zero-order valence-corrected chi connectivity index (χ0v) is 10.1. The van der Waals surface area contributed by atoms with Crippen LogP contribution >= 0.6 is 0 Å². The first-order valence-electron chi connectivity index (χ1n) is 5.07. The predicted molar refractivity (Wildman–Crippen MR) is 59.3 cm³/mol. The van der Waals surface area contributed by atoms with E-state index in [4.69, 9.17) is 4.74 Å². The van der Waals surface area contributed by atoms with Crippen molar-refractivity contribution in [2.75, 3.05) is 0 Å². The minimum Gasteiger partial charge on any atom is -0.442 e. The Labute approximate surface area is 90.7 Å². The highest BCUT2D eigenvalue weighted by atomic mass is 16.6. The van der Waals surface area contributed by atoms with Crippen LogP contribution in [0.25, 0.3) is 0 Å². The van der Waals surface area contributed by atoms with Crippen molar-refractivity contribution in [1.29, 1.82) is 0 Å². The Balaban J connectivity index is 4.55. The Bertz CT molecular complexity index is 274. The Morgan fingerprint density at radius 1 is 1.27 bits per heavy atom. The third-order valence-corrected chi connectivity index (χ3v) is 1.51. The number of ketones is 1. The Morgan fingerprint density at radius 3 is 2.13 bits per heavy atom. The summed E-state index contributed by atoms with van der Waals surface area (Å²) in [6.07, 6.45) is 0.594. The maximum Gasteiger partial charge on any atom is 0.434 e. The van der Waals surface area contributed by atoms with Crippen LogP contribution < -0.4 is 0 Å². The first-order chi connectivity index (χ1) is 6.76. The summed E-state index contributed by atoms with van der Waals surface area (Å²) in [6.45, 7) is 8.60. The highest BCUT2D eigenvalue weighted by Gasteiger charge is 2.17. The van der Waals surface area contributed by atoms with Gasteiger partial charge >= 0.3 is 6.09 Å². The summed E-state index contributed by atoms with van der Waals surface area (Å²) in [5.41, 5.74) is -0.291. The number of Topliss-reactive ketones (excluding diaryl/α,β-unsaturated/α-hetero) is 1. The van der Waals surface area contributed by atoms with Crippen molar-refractivity contribution in [2.45, 2.75) is 53.1 Å². The minimum atomic E-state index is -0.693. The second-order valence-electron chi connectivity index (χ2n) is 4.35. The molecule has 0 aromatic carbocycles. The van der Waals surface area contributed by atoms with E-state index < -0.39 is 11.7 Å². The third-order valence-electron chi connectivity index (χ3n) is 1.51. The van der Waals surface area contributed by atoms with Crippen molar-refractivity contribution in [3.8, 4) is 0 Å². The van der Waals surface area contributed by atoms with Gasteiger partial charge in [-0.25, -0.2) is 4.79 Å². The summed E-state index contributed by atoms with van der Waals surface area (Å²) in [7, 11) is 0. The van der Waals surface area contributed by atoms with Crippen LogP contribution in [0.1, 0.15) is 47.5 Å². The van der Waals surface area contributed by atoms with E-state index in [1.54, 1.807) is 20.8 Å². The van der Waals surface area contributed by atoms with Crippen LogP contribution in [0.2, 0.25) is 0 Å². The van der Waals surface area contributed by atoms with Crippen LogP contribution in [-0.2, 0) is 9.53 Å². The number of hydrogen-bond donors (Lipinski definition) is 0.